The molecule has 6 nitrogen and oxygen atoms in total. The Balaban J connectivity index is 1.64. The molecule has 30 heavy (non-hydrogen) atoms. The van der Waals surface area contributed by atoms with Gasteiger partial charge in [0.2, 0.25) is 11.7 Å². The van der Waals surface area contributed by atoms with Gasteiger partial charge in [0, 0.05) is 12.2 Å². The van der Waals surface area contributed by atoms with Gasteiger partial charge in [-0.2, -0.15) is 4.98 Å². The van der Waals surface area contributed by atoms with Crippen LogP contribution in [0.15, 0.2) is 59.5 Å². The highest BCUT2D eigenvalue weighted by Gasteiger charge is 2.14. The summed E-state index contributed by atoms with van der Waals surface area (Å²) in [7, 11) is 1.49. The summed E-state index contributed by atoms with van der Waals surface area (Å²) in [6.07, 6.45) is 4.27. The second kappa shape index (κ2) is 9.13. The van der Waals surface area contributed by atoms with Crippen LogP contribution in [0.2, 0.25) is 0 Å². The van der Waals surface area contributed by atoms with E-state index in [-0.39, 0.29) is 11.3 Å². The Morgan fingerprint density at radius 1 is 1.03 bits per heavy atom. The monoisotopic (exact) mass is 404 g/mol. The van der Waals surface area contributed by atoms with Crippen molar-refractivity contribution < 1.29 is 4.74 Å². The minimum Gasteiger partial charge on any atom is -0.490 e. The lowest BCUT2D eigenvalue weighted by atomic mass is 10.1. The van der Waals surface area contributed by atoms with Crippen LogP contribution in [0.3, 0.4) is 0 Å². The summed E-state index contributed by atoms with van der Waals surface area (Å²) in [5, 5.41) is 3.40. The van der Waals surface area contributed by atoms with Crippen molar-refractivity contribution in [3.8, 4) is 5.75 Å². The van der Waals surface area contributed by atoms with E-state index in [0.29, 0.717) is 12.5 Å². The molecule has 2 aromatic carbocycles. The Bertz CT molecular complexity index is 1060. The van der Waals surface area contributed by atoms with E-state index in [1.54, 1.807) is 6.20 Å². The van der Waals surface area contributed by atoms with Crippen molar-refractivity contribution in [3.63, 3.8) is 0 Å². The molecule has 0 amide bonds. The Labute approximate surface area is 177 Å². The van der Waals surface area contributed by atoms with E-state index in [0.717, 1.165) is 36.4 Å². The first-order valence-corrected chi connectivity index (χ1v) is 10.4. The number of nitrogens with zero attached hydrogens (tertiary/aromatic N) is 3. The molecule has 0 saturated carbocycles. The zero-order chi connectivity index (χ0) is 20.9. The second-order valence-electron chi connectivity index (χ2n) is 7.81. The number of nitrogens with one attached hydrogen (secondary N) is 1. The molecule has 1 aliphatic rings. The van der Waals surface area contributed by atoms with Crippen LogP contribution in [0, 0.1) is 6.92 Å². The first kappa shape index (κ1) is 20.2. The number of anilines is 2. The number of hydrogen-bond acceptors (Lipinski definition) is 5. The fraction of sp³-hybridized carbons (Fsp3) is 0.333. The fourth-order valence-electron chi connectivity index (χ4n) is 3.84. The quantitative estimate of drug-likeness (QED) is 0.646. The molecule has 156 valence electrons. The largest absolute Gasteiger partial charge is 0.490 e. The number of rotatable bonds is 7. The van der Waals surface area contributed by atoms with Crippen LogP contribution >= 0.6 is 0 Å². The first-order chi connectivity index (χ1) is 14.6. The van der Waals surface area contributed by atoms with E-state index < -0.39 is 0 Å². The van der Waals surface area contributed by atoms with Gasteiger partial charge in [-0.3, -0.25) is 9.69 Å². The molecule has 2 heterocycles. The molecule has 0 bridgehead atoms. The number of benzene rings is 2. The third-order valence-corrected chi connectivity index (χ3v) is 5.53. The number of likely N-dealkylation sites (tertiary alicyclic amines) is 1. The molecule has 3 aromatic rings. The van der Waals surface area contributed by atoms with E-state index in [9.17, 15) is 4.79 Å². The average Bonchev–Trinajstić information content (AvgIpc) is 3.26. The van der Waals surface area contributed by atoms with Gasteiger partial charge in [0.05, 0.1) is 19.9 Å². The normalized spacial score (nSPS) is 14.1. The lowest BCUT2D eigenvalue weighted by molar-refractivity contribution is 0.331. The van der Waals surface area contributed by atoms with E-state index in [4.69, 9.17) is 4.74 Å². The standard InChI is InChI=1S/C24H28N4O2/c1-18-10-11-20(15-27-12-6-7-13-27)14-21(18)25-24-26-23(29)22(30-2)17-28(24)16-19-8-4-3-5-9-19/h3-5,8-11,14,17H,6-7,12-13,15-16H2,1-2H3,(H,25,26,29). The van der Waals surface area contributed by atoms with Crippen molar-refractivity contribution in [1.82, 2.24) is 14.5 Å². The van der Waals surface area contributed by atoms with Gasteiger partial charge >= 0.3 is 5.56 Å². The maximum atomic E-state index is 12.4. The molecule has 0 aliphatic carbocycles. The van der Waals surface area contributed by atoms with Gasteiger partial charge in [-0.15, -0.1) is 0 Å². The number of methoxy groups -OCH3 is 1. The maximum absolute atomic E-state index is 12.4. The summed E-state index contributed by atoms with van der Waals surface area (Å²) in [6, 6.07) is 16.6. The van der Waals surface area contributed by atoms with Crippen LogP contribution in [-0.2, 0) is 13.1 Å². The highest BCUT2D eigenvalue weighted by Crippen LogP contribution is 2.23. The van der Waals surface area contributed by atoms with Gasteiger partial charge in [0.1, 0.15) is 0 Å². The van der Waals surface area contributed by atoms with Crippen LogP contribution in [0.5, 0.6) is 5.75 Å². The lowest BCUT2D eigenvalue weighted by Gasteiger charge is -2.18. The third kappa shape index (κ3) is 4.71. The van der Waals surface area contributed by atoms with Crippen LogP contribution in [0.1, 0.15) is 29.5 Å². The Hall–Kier alpha value is -3.12. The molecule has 0 atom stereocenters. The maximum Gasteiger partial charge on any atom is 0.316 e. The van der Waals surface area contributed by atoms with Crippen molar-refractivity contribution in [2.24, 2.45) is 0 Å². The van der Waals surface area contributed by atoms with Crippen LogP contribution in [0.25, 0.3) is 0 Å². The van der Waals surface area contributed by atoms with Crippen molar-refractivity contribution >= 4 is 11.6 Å². The number of hydrogen-bond donors (Lipinski definition) is 1. The zero-order valence-electron chi connectivity index (χ0n) is 17.6. The van der Waals surface area contributed by atoms with Crippen LogP contribution < -0.4 is 15.6 Å². The molecule has 4 rings (SSSR count). The topological polar surface area (TPSA) is 59.4 Å². The summed E-state index contributed by atoms with van der Waals surface area (Å²) in [5.74, 6) is 0.738. The van der Waals surface area contributed by atoms with Gasteiger partial charge in [0.25, 0.3) is 0 Å². The molecule has 6 heteroatoms. The summed E-state index contributed by atoms with van der Waals surface area (Å²) in [4.78, 5) is 19.1. The predicted molar refractivity (Wildman–Crippen MR) is 120 cm³/mol. The predicted octanol–water partition coefficient (Wildman–Crippen LogP) is 3.95. The van der Waals surface area contributed by atoms with Crippen LogP contribution in [-0.4, -0.2) is 34.7 Å². The minimum atomic E-state index is -0.379. The lowest BCUT2D eigenvalue weighted by Crippen LogP contribution is -2.19. The Morgan fingerprint density at radius 2 is 1.80 bits per heavy atom. The number of aromatic nitrogens is 2. The molecule has 0 radical (unpaired) electrons. The summed E-state index contributed by atoms with van der Waals surface area (Å²) in [5.41, 5.74) is 4.07. The minimum absolute atomic E-state index is 0.232. The van der Waals surface area contributed by atoms with E-state index >= 15 is 0 Å². The molecule has 1 fully saturated rings. The average molecular weight is 405 g/mol. The van der Waals surface area contributed by atoms with Crippen molar-refractivity contribution in [3.05, 3.63) is 81.8 Å². The Morgan fingerprint density at radius 3 is 2.53 bits per heavy atom. The van der Waals surface area contributed by atoms with Crippen molar-refractivity contribution in [2.45, 2.75) is 32.9 Å². The van der Waals surface area contributed by atoms with Gasteiger partial charge in [-0.25, -0.2) is 0 Å². The molecule has 1 saturated heterocycles. The zero-order valence-corrected chi connectivity index (χ0v) is 17.6. The molecule has 0 unspecified atom stereocenters. The smallest absolute Gasteiger partial charge is 0.316 e. The summed E-state index contributed by atoms with van der Waals surface area (Å²) >= 11 is 0. The first-order valence-electron chi connectivity index (χ1n) is 10.4. The van der Waals surface area contributed by atoms with E-state index in [1.807, 2.05) is 22.8 Å². The molecule has 0 spiro atoms. The van der Waals surface area contributed by atoms with Gasteiger partial charge in [-0.1, -0.05) is 42.5 Å². The molecular weight excluding hydrogens is 376 g/mol. The number of ether oxygens (including phenoxy) is 1. The highest BCUT2D eigenvalue weighted by molar-refractivity contribution is 5.60. The van der Waals surface area contributed by atoms with E-state index in [1.165, 1.54) is 25.5 Å². The van der Waals surface area contributed by atoms with Gasteiger partial charge < -0.3 is 14.6 Å². The Kier molecular flexibility index (Phi) is 6.14. The van der Waals surface area contributed by atoms with Crippen LogP contribution in [0.4, 0.5) is 11.6 Å². The second-order valence-corrected chi connectivity index (χ2v) is 7.81. The highest BCUT2D eigenvalue weighted by atomic mass is 16.5. The molecule has 1 aromatic heterocycles. The third-order valence-electron chi connectivity index (χ3n) is 5.53. The number of aryl methyl sites for hydroxylation is 1. The van der Waals surface area contributed by atoms with E-state index in [2.05, 4.69) is 52.5 Å². The molecule has 1 N–H and O–H groups in total. The SMILES string of the molecule is COc1cn(Cc2ccccc2)c(Nc2cc(CN3CCCC3)ccc2C)nc1=O. The summed E-state index contributed by atoms with van der Waals surface area (Å²) in [6.45, 7) is 5.91. The fourth-order valence-corrected chi connectivity index (χ4v) is 3.84. The van der Waals surface area contributed by atoms with Gasteiger partial charge in [-0.05, 0) is 55.6 Å². The van der Waals surface area contributed by atoms with Gasteiger partial charge in [0.15, 0.2) is 0 Å². The summed E-state index contributed by atoms with van der Waals surface area (Å²) < 4.78 is 7.14. The van der Waals surface area contributed by atoms with Crippen molar-refractivity contribution in [1.29, 1.82) is 0 Å². The molecular formula is C24H28N4O2. The molecule has 1 aliphatic heterocycles. The van der Waals surface area contributed by atoms with Crippen molar-refractivity contribution in [2.75, 3.05) is 25.5 Å².